The molecule has 112 valence electrons. The first kappa shape index (κ1) is 15.3. The SMILES string of the molecule is CC(C)(C)NC(=O)/C=C/c1ccc(N2CCCC2=O)cc1. The van der Waals surface area contributed by atoms with Gasteiger partial charge in [-0.25, -0.2) is 0 Å². The Morgan fingerprint density at radius 2 is 1.90 bits per heavy atom. The zero-order valence-corrected chi connectivity index (χ0v) is 12.8. The van der Waals surface area contributed by atoms with Crippen LogP contribution in [-0.4, -0.2) is 23.9 Å². The van der Waals surface area contributed by atoms with Crippen molar-refractivity contribution in [3.8, 4) is 0 Å². The van der Waals surface area contributed by atoms with Gasteiger partial charge in [0.15, 0.2) is 0 Å². The number of amides is 2. The number of rotatable bonds is 3. The molecule has 2 rings (SSSR count). The second kappa shape index (κ2) is 6.12. The highest BCUT2D eigenvalue weighted by Crippen LogP contribution is 2.21. The highest BCUT2D eigenvalue weighted by molar-refractivity contribution is 5.95. The van der Waals surface area contributed by atoms with Crippen LogP contribution in [0.4, 0.5) is 5.69 Å². The van der Waals surface area contributed by atoms with Crippen LogP contribution in [0.5, 0.6) is 0 Å². The lowest BCUT2D eigenvalue weighted by molar-refractivity contribution is -0.118. The number of carbonyl (C=O) groups excluding carboxylic acids is 2. The molecule has 0 bridgehead atoms. The third kappa shape index (κ3) is 4.45. The number of anilines is 1. The molecule has 1 fully saturated rings. The van der Waals surface area contributed by atoms with Gasteiger partial charge in [0.05, 0.1) is 0 Å². The molecule has 0 aliphatic carbocycles. The number of benzene rings is 1. The van der Waals surface area contributed by atoms with E-state index in [-0.39, 0.29) is 17.4 Å². The van der Waals surface area contributed by atoms with Crippen LogP contribution >= 0.6 is 0 Å². The van der Waals surface area contributed by atoms with Gasteiger partial charge in [-0.05, 0) is 51.0 Å². The van der Waals surface area contributed by atoms with Crippen LogP contribution in [0.1, 0.15) is 39.2 Å². The molecule has 1 aromatic rings. The van der Waals surface area contributed by atoms with Crippen molar-refractivity contribution in [1.82, 2.24) is 5.32 Å². The van der Waals surface area contributed by atoms with Crippen molar-refractivity contribution in [2.45, 2.75) is 39.2 Å². The Labute approximate surface area is 125 Å². The molecule has 21 heavy (non-hydrogen) atoms. The van der Waals surface area contributed by atoms with Crippen molar-refractivity contribution in [3.05, 3.63) is 35.9 Å². The zero-order chi connectivity index (χ0) is 15.5. The summed E-state index contributed by atoms with van der Waals surface area (Å²) >= 11 is 0. The van der Waals surface area contributed by atoms with Crippen molar-refractivity contribution >= 4 is 23.6 Å². The van der Waals surface area contributed by atoms with Crippen molar-refractivity contribution in [1.29, 1.82) is 0 Å². The van der Waals surface area contributed by atoms with Crippen molar-refractivity contribution in [3.63, 3.8) is 0 Å². The largest absolute Gasteiger partial charge is 0.348 e. The molecular formula is C17H22N2O2. The molecule has 0 spiro atoms. The van der Waals surface area contributed by atoms with E-state index >= 15 is 0 Å². The topological polar surface area (TPSA) is 49.4 Å². The Morgan fingerprint density at radius 1 is 1.24 bits per heavy atom. The molecule has 1 aliphatic rings. The number of hydrogen-bond acceptors (Lipinski definition) is 2. The maximum Gasteiger partial charge on any atom is 0.244 e. The molecule has 1 N–H and O–H groups in total. The van der Waals surface area contributed by atoms with Gasteiger partial charge >= 0.3 is 0 Å². The van der Waals surface area contributed by atoms with Crippen LogP contribution in [-0.2, 0) is 9.59 Å². The Bertz CT molecular complexity index is 553. The Balaban J connectivity index is 1.99. The van der Waals surface area contributed by atoms with Crippen LogP contribution < -0.4 is 10.2 Å². The van der Waals surface area contributed by atoms with Gasteiger partial charge < -0.3 is 10.2 Å². The minimum Gasteiger partial charge on any atom is -0.348 e. The number of carbonyl (C=O) groups is 2. The van der Waals surface area contributed by atoms with Crippen molar-refractivity contribution < 1.29 is 9.59 Å². The molecule has 2 amide bonds. The average Bonchev–Trinajstić information content (AvgIpc) is 2.81. The van der Waals surface area contributed by atoms with E-state index in [4.69, 9.17) is 0 Å². The summed E-state index contributed by atoms with van der Waals surface area (Å²) in [5.74, 6) is 0.0733. The quantitative estimate of drug-likeness (QED) is 0.869. The molecular weight excluding hydrogens is 264 g/mol. The third-order valence-corrected chi connectivity index (χ3v) is 3.20. The molecule has 4 heteroatoms. The molecule has 0 aromatic heterocycles. The van der Waals surface area contributed by atoms with Crippen LogP contribution in [0.15, 0.2) is 30.3 Å². The molecule has 0 radical (unpaired) electrons. The molecule has 1 saturated heterocycles. The van der Waals surface area contributed by atoms with Gasteiger partial charge in [0.1, 0.15) is 0 Å². The number of nitrogens with one attached hydrogen (secondary N) is 1. The average molecular weight is 286 g/mol. The van der Waals surface area contributed by atoms with E-state index in [1.165, 1.54) is 6.08 Å². The standard InChI is InChI=1S/C17H22N2O2/c1-17(2,3)18-15(20)11-8-13-6-9-14(10-7-13)19-12-4-5-16(19)21/h6-11H,4-5,12H2,1-3H3,(H,18,20)/b11-8+. The maximum absolute atomic E-state index is 11.7. The summed E-state index contributed by atoms with van der Waals surface area (Å²) in [6.07, 6.45) is 4.86. The van der Waals surface area contributed by atoms with E-state index in [1.807, 2.05) is 45.0 Å². The summed E-state index contributed by atoms with van der Waals surface area (Å²) in [5.41, 5.74) is 1.63. The summed E-state index contributed by atoms with van der Waals surface area (Å²) < 4.78 is 0. The fraction of sp³-hybridized carbons (Fsp3) is 0.412. The summed E-state index contributed by atoms with van der Waals surface area (Å²) in [7, 11) is 0. The lowest BCUT2D eigenvalue weighted by atomic mass is 10.1. The van der Waals surface area contributed by atoms with Gasteiger partial charge in [0, 0.05) is 30.3 Å². The zero-order valence-electron chi connectivity index (χ0n) is 12.8. The molecule has 1 aromatic carbocycles. The smallest absolute Gasteiger partial charge is 0.244 e. The minimum atomic E-state index is -0.235. The minimum absolute atomic E-state index is 0.110. The first-order valence-corrected chi connectivity index (χ1v) is 7.26. The lowest BCUT2D eigenvalue weighted by Gasteiger charge is -2.19. The van der Waals surface area contributed by atoms with Gasteiger partial charge in [-0.3, -0.25) is 9.59 Å². The van der Waals surface area contributed by atoms with Gasteiger partial charge in [-0.2, -0.15) is 0 Å². The molecule has 1 heterocycles. The van der Waals surface area contributed by atoms with E-state index in [9.17, 15) is 9.59 Å². The van der Waals surface area contributed by atoms with Crippen LogP contribution in [0.2, 0.25) is 0 Å². The Kier molecular flexibility index (Phi) is 4.46. The highest BCUT2D eigenvalue weighted by Gasteiger charge is 2.21. The molecule has 4 nitrogen and oxygen atoms in total. The summed E-state index contributed by atoms with van der Waals surface area (Å²) in [4.78, 5) is 25.2. The van der Waals surface area contributed by atoms with Crippen LogP contribution in [0, 0.1) is 0 Å². The van der Waals surface area contributed by atoms with Crippen molar-refractivity contribution in [2.75, 3.05) is 11.4 Å². The molecule has 1 aliphatic heterocycles. The van der Waals surface area contributed by atoms with E-state index < -0.39 is 0 Å². The predicted octanol–water partition coefficient (Wildman–Crippen LogP) is 2.74. The molecule has 0 atom stereocenters. The van der Waals surface area contributed by atoms with Gasteiger partial charge in [-0.1, -0.05) is 12.1 Å². The fourth-order valence-electron chi connectivity index (χ4n) is 2.27. The lowest BCUT2D eigenvalue weighted by Crippen LogP contribution is -2.39. The predicted molar refractivity (Wildman–Crippen MR) is 85.0 cm³/mol. The Morgan fingerprint density at radius 3 is 2.43 bits per heavy atom. The van der Waals surface area contributed by atoms with Gasteiger partial charge in [-0.15, -0.1) is 0 Å². The molecule has 0 unspecified atom stereocenters. The fourth-order valence-corrected chi connectivity index (χ4v) is 2.27. The van der Waals surface area contributed by atoms with Crippen LogP contribution in [0.25, 0.3) is 6.08 Å². The highest BCUT2D eigenvalue weighted by atomic mass is 16.2. The van der Waals surface area contributed by atoms with E-state index in [0.29, 0.717) is 6.42 Å². The first-order valence-electron chi connectivity index (χ1n) is 7.26. The van der Waals surface area contributed by atoms with Crippen molar-refractivity contribution in [2.24, 2.45) is 0 Å². The second-order valence-corrected chi connectivity index (χ2v) is 6.31. The van der Waals surface area contributed by atoms with E-state index in [1.54, 1.807) is 11.0 Å². The summed E-state index contributed by atoms with van der Waals surface area (Å²) in [6, 6.07) is 7.68. The number of hydrogen-bond donors (Lipinski definition) is 1. The Hall–Kier alpha value is -2.10. The van der Waals surface area contributed by atoms with E-state index in [2.05, 4.69) is 5.32 Å². The number of nitrogens with zero attached hydrogens (tertiary/aromatic N) is 1. The molecule has 0 saturated carbocycles. The summed E-state index contributed by atoms with van der Waals surface area (Å²) in [6.45, 7) is 6.63. The first-order chi connectivity index (χ1) is 9.85. The third-order valence-electron chi connectivity index (χ3n) is 3.20. The summed E-state index contributed by atoms with van der Waals surface area (Å²) in [5, 5.41) is 2.87. The van der Waals surface area contributed by atoms with Gasteiger partial charge in [0.25, 0.3) is 0 Å². The second-order valence-electron chi connectivity index (χ2n) is 6.31. The van der Waals surface area contributed by atoms with Gasteiger partial charge in [0.2, 0.25) is 11.8 Å². The van der Waals surface area contributed by atoms with E-state index in [0.717, 1.165) is 24.2 Å². The normalized spacial score (nSPS) is 15.8. The monoisotopic (exact) mass is 286 g/mol. The maximum atomic E-state index is 11.7. The van der Waals surface area contributed by atoms with Crippen LogP contribution in [0.3, 0.4) is 0 Å².